The lowest BCUT2D eigenvalue weighted by molar-refractivity contribution is 0.148. The predicted octanol–water partition coefficient (Wildman–Crippen LogP) is 2.76. The number of rotatable bonds is 8. The van der Waals surface area contributed by atoms with Gasteiger partial charge in [-0.3, -0.25) is 0 Å². The van der Waals surface area contributed by atoms with Gasteiger partial charge in [0.15, 0.2) is 0 Å². The zero-order valence-corrected chi connectivity index (χ0v) is 12.9. The average Bonchev–Trinajstić information content (AvgIpc) is 3.02. The maximum absolute atomic E-state index is 9.21. The van der Waals surface area contributed by atoms with Gasteiger partial charge in [0, 0.05) is 31.2 Å². The Morgan fingerprint density at radius 3 is 2.62 bits per heavy atom. The number of hydrogen-bond donors (Lipinski definition) is 2. The fourth-order valence-corrected chi connectivity index (χ4v) is 2.20. The van der Waals surface area contributed by atoms with Crippen molar-refractivity contribution in [3.05, 3.63) is 48.5 Å². The second kappa shape index (κ2) is 7.38. The molecule has 4 nitrogen and oxygen atoms in total. The van der Waals surface area contributed by atoms with Crippen molar-refractivity contribution in [3.8, 4) is 5.69 Å². The van der Waals surface area contributed by atoms with Crippen LogP contribution in [0.25, 0.3) is 5.69 Å². The Labute approximate surface area is 126 Å². The first-order chi connectivity index (χ1) is 10.1. The summed E-state index contributed by atoms with van der Waals surface area (Å²) in [4.78, 5) is 4.05. The molecule has 0 fully saturated rings. The molecule has 21 heavy (non-hydrogen) atoms. The highest BCUT2D eigenvalue weighted by Crippen LogP contribution is 2.20. The van der Waals surface area contributed by atoms with Gasteiger partial charge >= 0.3 is 0 Å². The average molecular weight is 287 g/mol. The summed E-state index contributed by atoms with van der Waals surface area (Å²) in [5.74, 6) is 0. The van der Waals surface area contributed by atoms with E-state index in [1.54, 1.807) is 12.5 Å². The maximum atomic E-state index is 9.21. The predicted molar refractivity (Wildman–Crippen MR) is 85.4 cm³/mol. The highest BCUT2D eigenvalue weighted by molar-refractivity contribution is 5.34. The summed E-state index contributed by atoms with van der Waals surface area (Å²) in [6.07, 6.45) is 7.65. The van der Waals surface area contributed by atoms with Crippen molar-refractivity contribution < 1.29 is 5.11 Å². The lowest BCUT2D eigenvalue weighted by atomic mass is 9.89. The van der Waals surface area contributed by atoms with Crippen LogP contribution in [-0.2, 0) is 6.54 Å². The quantitative estimate of drug-likeness (QED) is 0.734. The lowest BCUT2D eigenvalue weighted by Gasteiger charge is -2.21. The fraction of sp³-hybridized carbons (Fsp3) is 0.471. The van der Waals surface area contributed by atoms with Crippen LogP contribution in [0.1, 0.15) is 32.3 Å². The molecule has 2 rings (SSSR count). The number of aliphatic hydroxyl groups excluding tert-OH is 1. The van der Waals surface area contributed by atoms with Crippen molar-refractivity contribution in [1.82, 2.24) is 14.9 Å². The zero-order chi connectivity index (χ0) is 15.1. The minimum atomic E-state index is 0.0358. The third-order valence-electron chi connectivity index (χ3n) is 3.70. The van der Waals surface area contributed by atoms with Crippen LogP contribution in [0.2, 0.25) is 0 Å². The van der Waals surface area contributed by atoms with E-state index in [9.17, 15) is 5.11 Å². The third kappa shape index (κ3) is 4.99. The molecule has 114 valence electrons. The Kier molecular flexibility index (Phi) is 5.53. The highest BCUT2D eigenvalue weighted by atomic mass is 16.3. The lowest BCUT2D eigenvalue weighted by Crippen LogP contribution is -2.20. The number of aliphatic hydroxyl groups is 1. The minimum Gasteiger partial charge on any atom is -0.396 e. The van der Waals surface area contributed by atoms with Crippen LogP contribution in [0.4, 0.5) is 0 Å². The SMILES string of the molecule is CC(C)(CO)CCCNCc1ccc(-n2ccnc2)cc1. The van der Waals surface area contributed by atoms with Crippen molar-refractivity contribution in [3.63, 3.8) is 0 Å². The van der Waals surface area contributed by atoms with Crippen molar-refractivity contribution in [2.45, 2.75) is 33.2 Å². The number of nitrogens with zero attached hydrogens (tertiary/aromatic N) is 2. The Bertz CT molecular complexity index is 517. The molecule has 0 saturated heterocycles. The minimum absolute atomic E-state index is 0.0358. The molecule has 2 N–H and O–H groups in total. The molecule has 4 heteroatoms. The van der Waals surface area contributed by atoms with Gasteiger partial charge in [-0.15, -0.1) is 0 Å². The van der Waals surface area contributed by atoms with E-state index in [2.05, 4.69) is 48.4 Å². The molecule has 0 aliphatic carbocycles. The van der Waals surface area contributed by atoms with Crippen LogP contribution < -0.4 is 5.32 Å². The Morgan fingerprint density at radius 2 is 2.00 bits per heavy atom. The van der Waals surface area contributed by atoms with E-state index in [-0.39, 0.29) is 12.0 Å². The molecule has 0 unspecified atom stereocenters. The van der Waals surface area contributed by atoms with Gasteiger partial charge in [-0.25, -0.2) is 4.98 Å². The van der Waals surface area contributed by atoms with Crippen LogP contribution in [0.5, 0.6) is 0 Å². The molecule has 0 aliphatic heterocycles. The van der Waals surface area contributed by atoms with Gasteiger partial charge < -0.3 is 15.0 Å². The smallest absolute Gasteiger partial charge is 0.0991 e. The molecule has 1 aromatic heterocycles. The molecular weight excluding hydrogens is 262 g/mol. The number of aromatic nitrogens is 2. The first kappa shape index (κ1) is 15.7. The number of benzene rings is 1. The summed E-state index contributed by atoms with van der Waals surface area (Å²) < 4.78 is 1.99. The fourth-order valence-electron chi connectivity index (χ4n) is 2.20. The zero-order valence-electron chi connectivity index (χ0n) is 12.9. The van der Waals surface area contributed by atoms with Crippen LogP contribution in [0, 0.1) is 5.41 Å². The molecule has 0 spiro atoms. The summed E-state index contributed by atoms with van der Waals surface area (Å²) in [7, 11) is 0. The molecule has 0 aliphatic rings. The van der Waals surface area contributed by atoms with Crippen molar-refractivity contribution >= 4 is 0 Å². The first-order valence-corrected chi connectivity index (χ1v) is 7.50. The van der Waals surface area contributed by atoms with Gasteiger partial charge in [-0.1, -0.05) is 26.0 Å². The Morgan fingerprint density at radius 1 is 1.24 bits per heavy atom. The first-order valence-electron chi connectivity index (χ1n) is 7.50. The van der Waals surface area contributed by atoms with E-state index in [0.717, 1.165) is 31.6 Å². The summed E-state index contributed by atoms with van der Waals surface area (Å²) in [6.45, 7) is 6.31. The molecular formula is C17H25N3O. The van der Waals surface area contributed by atoms with E-state index in [4.69, 9.17) is 0 Å². The molecule has 1 aromatic carbocycles. The van der Waals surface area contributed by atoms with E-state index >= 15 is 0 Å². The Hall–Kier alpha value is -1.65. The Balaban J connectivity index is 1.72. The van der Waals surface area contributed by atoms with Crippen LogP contribution >= 0.6 is 0 Å². The van der Waals surface area contributed by atoms with E-state index < -0.39 is 0 Å². The van der Waals surface area contributed by atoms with Gasteiger partial charge in [0.25, 0.3) is 0 Å². The number of hydrogen-bond acceptors (Lipinski definition) is 3. The largest absolute Gasteiger partial charge is 0.396 e. The number of imidazole rings is 1. The molecule has 0 radical (unpaired) electrons. The molecule has 0 bridgehead atoms. The van der Waals surface area contributed by atoms with Gasteiger partial charge in [-0.05, 0) is 42.5 Å². The van der Waals surface area contributed by atoms with Crippen LogP contribution in [-0.4, -0.2) is 27.8 Å². The number of nitrogens with one attached hydrogen (secondary N) is 1. The summed E-state index contributed by atoms with van der Waals surface area (Å²) in [6, 6.07) is 8.49. The summed E-state index contributed by atoms with van der Waals surface area (Å²) in [5, 5.41) is 12.7. The second-order valence-electron chi connectivity index (χ2n) is 6.24. The maximum Gasteiger partial charge on any atom is 0.0991 e. The van der Waals surface area contributed by atoms with Gasteiger partial charge in [-0.2, -0.15) is 0 Å². The summed E-state index contributed by atoms with van der Waals surface area (Å²) in [5.41, 5.74) is 2.44. The standard InChI is InChI=1S/C17H25N3O/c1-17(2,13-21)8-3-9-18-12-15-4-6-16(7-5-15)20-11-10-19-14-20/h4-7,10-11,14,18,21H,3,8-9,12-13H2,1-2H3. The van der Waals surface area contributed by atoms with Gasteiger partial charge in [0.1, 0.15) is 0 Å². The van der Waals surface area contributed by atoms with Crippen molar-refractivity contribution in [2.24, 2.45) is 5.41 Å². The molecule has 0 atom stereocenters. The van der Waals surface area contributed by atoms with Gasteiger partial charge in [0.05, 0.1) is 6.33 Å². The van der Waals surface area contributed by atoms with Crippen LogP contribution in [0.15, 0.2) is 43.0 Å². The normalized spacial score (nSPS) is 11.8. The van der Waals surface area contributed by atoms with E-state index in [1.165, 1.54) is 5.56 Å². The van der Waals surface area contributed by atoms with E-state index in [1.807, 2.05) is 10.8 Å². The van der Waals surface area contributed by atoms with Crippen molar-refractivity contribution in [1.29, 1.82) is 0 Å². The molecule has 0 saturated carbocycles. The monoisotopic (exact) mass is 287 g/mol. The second-order valence-corrected chi connectivity index (χ2v) is 6.24. The van der Waals surface area contributed by atoms with E-state index in [0.29, 0.717) is 0 Å². The molecule has 1 heterocycles. The topological polar surface area (TPSA) is 50.1 Å². The summed E-state index contributed by atoms with van der Waals surface area (Å²) >= 11 is 0. The molecule has 2 aromatic rings. The van der Waals surface area contributed by atoms with Crippen LogP contribution in [0.3, 0.4) is 0 Å². The molecule has 0 amide bonds. The van der Waals surface area contributed by atoms with Crippen molar-refractivity contribution in [2.75, 3.05) is 13.2 Å². The van der Waals surface area contributed by atoms with Gasteiger partial charge in [0.2, 0.25) is 0 Å². The third-order valence-corrected chi connectivity index (χ3v) is 3.70. The highest BCUT2D eigenvalue weighted by Gasteiger charge is 2.14.